The molecular weight excluding hydrogens is 378 g/mol. The van der Waals surface area contributed by atoms with Gasteiger partial charge in [0.1, 0.15) is 5.76 Å². The van der Waals surface area contributed by atoms with E-state index >= 15 is 0 Å². The van der Waals surface area contributed by atoms with Crippen LogP contribution in [0, 0.1) is 0 Å². The largest absolute Gasteiger partial charge is 0.467 e. The molecule has 2 aromatic heterocycles. The number of benzene rings is 1. The molecule has 0 bridgehead atoms. The van der Waals surface area contributed by atoms with E-state index in [1.165, 1.54) is 11.8 Å². The minimum atomic E-state index is -0.106. The number of rotatable bonds is 5. The van der Waals surface area contributed by atoms with Crippen LogP contribution < -0.4 is 0 Å². The molecule has 3 aromatic rings. The first-order valence-corrected chi connectivity index (χ1v) is 9.92. The highest BCUT2D eigenvalue weighted by molar-refractivity contribution is 8.18. The van der Waals surface area contributed by atoms with Gasteiger partial charge in [-0.15, -0.1) is 16.4 Å². The van der Waals surface area contributed by atoms with E-state index in [2.05, 4.69) is 10.2 Å². The molecule has 0 spiro atoms. The zero-order chi connectivity index (χ0) is 18.5. The van der Waals surface area contributed by atoms with Crippen molar-refractivity contribution in [2.24, 2.45) is 10.2 Å². The molecule has 7 heteroatoms. The van der Waals surface area contributed by atoms with Crippen molar-refractivity contribution in [1.82, 2.24) is 4.90 Å². The van der Waals surface area contributed by atoms with E-state index in [0.717, 1.165) is 10.4 Å². The van der Waals surface area contributed by atoms with Gasteiger partial charge in [0.05, 0.1) is 23.9 Å². The lowest BCUT2D eigenvalue weighted by Gasteiger charge is -2.12. The van der Waals surface area contributed by atoms with E-state index in [-0.39, 0.29) is 5.91 Å². The van der Waals surface area contributed by atoms with Gasteiger partial charge in [0, 0.05) is 4.88 Å². The van der Waals surface area contributed by atoms with E-state index < -0.39 is 0 Å². The third kappa shape index (κ3) is 4.27. The second-order valence-electron chi connectivity index (χ2n) is 5.63. The van der Waals surface area contributed by atoms with Crippen molar-refractivity contribution in [3.05, 3.63) is 87.3 Å². The molecule has 0 atom stereocenters. The number of hydrogen-bond acceptors (Lipinski definition) is 6. The fourth-order valence-corrected chi connectivity index (χ4v) is 4.00. The van der Waals surface area contributed by atoms with Gasteiger partial charge in [-0.2, -0.15) is 5.10 Å². The Hall–Kier alpha value is -2.90. The van der Waals surface area contributed by atoms with Crippen LogP contribution in [0.25, 0.3) is 6.08 Å². The molecule has 3 heterocycles. The number of thioether (sulfide) groups is 1. The monoisotopic (exact) mass is 393 g/mol. The lowest BCUT2D eigenvalue weighted by molar-refractivity contribution is -0.122. The smallest absolute Gasteiger partial charge is 0.267 e. The summed E-state index contributed by atoms with van der Waals surface area (Å²) < 4.78 is 5.39. The molecule has 1 aromatic carbocycles. The molecule has 0 unspecified atom stereocenters. The normalized spacial score (nSPS) is 17.6. The standard InChI is InChI=1S/C20H15N3O2S2/c24-19-18(12-15-6-2-1-3-7-15)27-20(22-21-13-17-9-5-11-26-17)23(19)14-16-8-4-10-25-16/h1-13H,14H2/b18-12-,21-13-,22-20+. The van der Waals surface area contributed by atoms with Gasteiger partial charge in [0.15, 0.2) is 5.17 Å². The number of amides is 1. The van der Waals surface area contributed by atoms with Gasteiger partial charge in [-0.05, 0) is 47.0 Å². The number of carbonyl (C=O) groups excluding carboxylic acids is 1. The molecule has 1 aliphatic heterocycles. The van der Waals surface area contributed by atoms with E-state index in [0.29, 0.717) is 22.4 Å². The molecule has 134 valence electrons. The number of furan rings is 1. The summed E-state index contributed by atoms with van der Waals surface area (Å²) in [4.78, 5) is 16.1. The Labute approximate surface area is 164 Å². The molecular formula is C20H15N3O2S2. The van der Waals surface area contributed by atoms with Crippen molar-refractivity contribution in [3.63, 3.8) is 0 Å². The van der Waals surface area contributed by atoms with Crippen LogP contribution in [0.1, 0.15) is 16.2 Å². The number of hydrogen-bond donors (Lipinski definition) is 0. The highest BCUT2D eigenvalue weighted by Gasteiger charge is 2.34. The molecule has 5 nitrogen and oxygen atoms in total. The Bertz CT molecular complexity index is 991. The molecule has 1 amide bonds. The number of nitrogens with zero attached hydrogens (tertiary/aromatic N) is 3. The second-order valence-corrected chi connectivity index (χ2v) is 7.62. The molecule has 0 aliphatic carbocycles. The summed E-state index contributed by atoms with van der Waals surface area (Å²) >= 11 is 2.90. The van der Waals surface area contributed by atoms with E-state index in [1.54, 1.807) is 34.8 Å². The highest BCUT2D eigenvalue weighted by Crippen LogP contribution is 2.33. The molecule has 0 radical (unpaired) electrons. The number of carbonyl (C=O) groups is 1. The van der Waals surface area contributed by atoms with Crippen LogP contribution in [0.2, 0.25) is 0 Å². The van der Waals surface area contributed by atoms with Gasteiger partial charge in [-0.1, -0.05) is 36.4 Å². The molecule has 1 saturated heterocycles. The Balaban J connectivity index is 1.62. The topological polar surface area (TPSA) is 58.2 Å². The molecule has 27 heavy (non-hydrogen) atoms. The summed E-state index contributed by atoms with van der Waals surface area (Å²) in [7, 11) is 0. The lowest BCUT2D eigenvalue weighted by Crippen LogP contribution is -2.28. The third-order valence-corrected chi connectivity index (χ3v) is 5.55. The zero-order valence-corrected chi connectivity index (χ0v) is 15.8. The maximum absolute atomic E-state index is 12.9. The molecule has 4 rings (SSSR count). The molecule has 0 saturated carbocycles. The minimum absolute atomic E-state index is 0.106. The number of thiophene rings is 1. The van der Waals surface area contributed by atoms with Gasteiger partial charge in [0.25, 0.3) is 5.91 Å². The first kappa shape index (κ1) is 17.5. The number of amidine groups is 1. The third-order valence-electron chi connectivity index (χ3n) is 3.75. The second kappa shape index (κ2) is 8.20. The molecule has 0 N–H and O–H groups in total. The van der Waals surface area contributed by atoms with E-state index in [4.69, 9.17) is 4.42 Å². The maximum atomic E-state index is 12.9. The average Bonchev–Trinajstić information content (AvgIpc) is 3.43. The first-order chi connectivity index (χ1) is 13.3. The van der Waals surface area contributed by atoms with Gasteiger partial charge >= 0.3 is 0 Å². The predicted molar refractivity (Wildman–Crippen MR) is 111 cm³/mol. The summed E-state index contributed by atoms with van der Waals surface area (Å²) in [6, 6.07) is 17.3. The van der Waals surface area contributed by atoms with Crippen LogP contribution in [0.15, 0.2) is 85.8 Å². The fourth-order valence-electron chi connectivity index (χ4n) is 2.48. The van der Waals surface area contributed by atoms with Crippen LogP contribution in [-0.2, 0) is 11.3 Å². The van der Waals surface area contributed by atoms with Crippen molar-refractivity contribution in [2.75, 3.05) is 0 Å². The van der Waals surface area contributed by atoms with Gasteiger partial charge in [0.2, 0.25) is 0 Å². The summed E-state index contributed by atoms with van der Waals surface area (Å²) in [6.07, 6.45) is 5.15. The lowest BCUT2D eigenvalue weighted by atomic mass is 10.2. The Morgan fingerprint density at radius 3 is 2.70 bits per heavy atom. The molecule has 1 aliphatic rings. The zero-order valence-electron chi connectivity index (χ0n) is 14.2. The van der Waals surface area contributed by atoms with Crippen LogP contribution in [0.5, 0.6) is 0 Å². The SMILES string of the molecule is O=C1/C(=C/c2ccccc2)S/C(=N/N=C\c2cccs2)N1Cc1ccco1. The average molecular weight is 393 g/mol. The van der Waals surface area contributed by atoms with Crippen LogP contribution in [-0.4, -0.2) is 22.2 Å². The Kier molecular flexibility index (Phi) is 5.32. The summed E-state index contributed by atoms with van der Waals surface area (Å²) in [5, 5.41) is 10.9. The first-order valence-electron chi connectivity index (χ1n) is 8.23. The van der Waals surface area contributed by atoms with E-state index in [9.17, 15) is 4.79 Å². The summed E-state index contributed by atoms with van der Waals surface area (Å²) in [5.41, 5.74) is 0.967. The van der Waals surface area contributed by atoms with Crippen LogP contribution in [0.3, 0.4) is 0 Å². The van der Waals surface area contributed by atoms with Gasteiger partial charge < -0.3 is 4.42 Å². The Morgan fingerprint density at radius 2 is 1.96 bits per heavy atom. The van der Waals surface area contributed by atoms with Gasteiger partial charge in [-0.3, -0.25) is 9.69 Å². The van der Waals surface area contributed by atoms with Crippen LogP contribution >= 0.6 is 23.1 Å². The summed E-state index contributed by atoms with van der Waals surface area (Å²) in [5.74, 6) is 0.588. The fraction of sp³-hybridized carbons (Fsp3) is 0.0500. The quantitative estimate of drug-likeness (QED) is 0.354. The van der Waals surface area contributed by atoms with Crippen molar-refractivity contribution in [1.29, 1.82) is 0 Å². The maximum Gasteiger partial charge on any atom is 0.267 e. The van der Waals surface area contributed by atoms with Crippen molar-refractivity contribution >= 4 is 46.5 Å². The minimum Gasteiger partial charge on any atom is -0.467 e. The summed E-state index contributed by atoms with van der Waals surface area (Å²) in [6.45, 7) is 0.318. The van der Waals surface area contributed by atoms with Gasteiger partial charge in [-0.25, -0.2) is 0 Å². The Morgan fingerprint density at radius 1 is 1.07 bits per heavy atom. The molecule has 1 fully saturated rings. The highest BCUT2D eigenvalue weighted by atomic mass is 32.2. The van der Waals surface area contributed by atoms with E-state index in [1.807, 2.05) is 60.0 Å². The van der Waals surface area contributed by atoms with Crippen molar-refractivity contribution < 1.29 is 9.21 Å². The van der Waals surface area contributed by atoms with Crippen molar-refractivity contribution in [2.45, 2.75) is 6.54 Å². The predicted octanol–water partition coefficient (Wildman–Crippen LogP) is 4.85. The van der Waals surface area contributed by atoms with Crippen LogP contribution in [0.4, 0.5) is 0 Å². The van der Waals surface area contributed by atoms with Crippen molar-refractivity contribution in [3.8, 4) is 0 Å².